The number of hydrogen-bond donors (Lipinski definition) is 3. The predicted molar refractivity (Wildman–Crippen MR) is 93.0 cm³/mol. The Morgan fingerprint density at radius 2 is 1.17 bits per heavy atom. The van der Waals surface area contributed by atoms with Gasteiger partial charge in [0.05, 0.1) is 52.9 Å². The molecule has 0 saturated carbocycles. The third kappa shape index (κ3) is 19.9. The molecule has 0 aliphatic carbocycles. The third-order valence-corrected chi connectivity index (χ3v) is 3.69. The predicted octanol–water partition coefficient (Wildman–Crippen LogP) is 0.772. The van der Waals surface area contributed by atoms with Crippen molar-refractivity contribution in [1.82, 2.24) is 0 Å². The van der Waals surface area contributed by atoms with E-state index in [-0.39, 0.29) is 18.5 Å². The lowest BCUT2D eigenvalue weighted by molar-refractivity contribution is -0.142. The number of hydrogen-bond acceptors (Lipinski definition) is 8. The minimum atomic E-state index is -0.984. The lowest BCUT2D eigenvalue weighted by atomic mass is 10.3. The molecule has 0 aromatic rings. The number of aliphatic carboxylic acids is 1. The summed E-state index contributed by atoms with van der Waals surface area (Å²) >= 11 is 8.46. The van der Waals surface area contributed by atoms with Gasteiger partial charge < -0.3 is 28.8 Å². The largest absolute Gasteiger partial charge is 0.480 e. The van der Waals surface area contributed by atoms with E-state index in [1.165, 1.54) is 0 Å². The number of rotatable bonds is 18. The second kappa shape index (κ2) is 18.3. The maximum Gasteiger partial charge on any atom is 0.329 e. The summed E-state index contributed by atoms with van der Waals surface area (Å²) in [7, 11) is 0. The Morgan fingerprint density at radius 1 is 0.783 bits per heavy atom. The number of ether oxygens (including phenoxy) is 5. The van der Waals surface area contributed by atoms with Crippen LogP contribution in [0, 0.1) is 0 Å². The van der Waals surface area contributed by atoms with E-state index in [1.54, 1.807) is 0 Å². The zero-order valence-electron chi connectivity index (χ0n) is 13.4. The SMILES string of the molecule is O=C(O)COCCOCCOCCOCCOCCC(S)CS. The average molecular weight is 373 g/mol. The Morgan fingerprint density at radius 3 is 1.57 bits per heavy atom. The molecule has 0 saturated heterocycles. The van der Waals surface area contributed by atoms with E-state index in [0.29, 0.717) is 52.9 Å². The van der Waals surface area contributed by atoms with Crippen LogP contribution in [-0.4, -0.2) is 88.1 Å². The zero-order valence-corrected chi connectivity index (χ0v) is 15.1. The van der Waals surface area contributed by atoms with Crippen molar-refractivity contribution in [3.8, 4) is 0 Å². The van der Waals surface area contributed by atoms with Gasteiger partial charge in [0.2, 0.25) is 0 Å². The molecule has 0 fully saturated rings. The van der Waals surface area contributed by atoms with Crippen molar-refractivity contribution in [2.45, 2.75) is 11.7 Å². The van der Waals surface area contributed by atoms with Gasteiger partial charge in [0, 0.05) is 17.6 Å². The van der Waals surface area contributed by atoms with Crippen LogP contribution in [0.5, 0.6) is 0 Å². The number of carboxylic acid groups (broad SMARTS) is 1. The van der Waals surface area contributed by atoms with Crippen molar-refractivity contribution in [3.63, 3.8) is 0 Å². The molecule has 0 aromatic heterocycles. The number of carboxylic acids is 1. The van der Waals surface area contributed by atoms with Gasteiger partial charge in [-0.15, -0.1) is 0 Å². The van der Waals surface area contributed by atoms with E-state index in [9.17, 15) is 4.79 Å². The molecule has 0 bridgehead atoms. The van der Waals surface area contributed by atoms with Crippen LogP contribution in [0.25, 0.3) is 0 Å². The minimum absolute atomic E-state index is 0.261. The van der Waals surface area contributed by atoms with Gasteiger partial charge in [-0.05, 0) is 6.42 Å². The van der Waals surface area contributed by atoms with Crippen molar-refractivity contribution < 1.29 is 33.6 Å². The normalized spacial score (nSPS) is 12.4. The number of thiol groups is 2. The molecular weight excluding hydrogens is 344 g/mol. The topological polar surface area (TPSA) is 83.5 Å². The summed E-state index contributed by atoms with van der Waals surface area (Å²) in [6.07, 6.45) is 0.886. The highest BCUT2D eigenvalue weighted by molar-refractivity contribution is 7.84. The van der Waals surface area contributed by atoms with Gasteiger partial charge in [-0.25, -0.2) is 4.79 Å². The zero-order chi connectivity index (χ0) is 17.2. The first-order chi connectivity index (χ1) is 11.2. The van der Waals surface area contributed by atoms with Crippen molar-refractivity contribution in [2.24, 2.45) is 0 Å². The summed E-state index contributed by atoms with van der Waals surface area (Å²) in [4.78, 5) is 10.2. The van der Waals surface area contributed by atoms with Crippen molar-refractivity contribution in [3.05, 3.63) is 0 Å². The van der Waals surface area contributed by atoms with Crippen LogP contribution in [0.3, 0.4) is 0 Å². The molecule has 0 aliphatic rings. The van der Waals surface area contributed by atoms with Crippen LogP contribution < -0.4 is 0 Å². The van der Waals surface area contributed by atoms with E-state index >= 15 is 0 Å². The Kier molecular flexibility index (Phi) is 18.3. The molecule has 0 spiro atoms. The molecule has 7 nitrogen and oxygen atoms in total. The van der Waals surface area contributed by atoms with E-state index < -0.39 is 5.97 Å². The molecule has 0 heterocycles. The van der Waals surface area contributed by atoms with Gasteiger partial charge >= 0.3 is 5.97 Å². The smallest absolute Gasteiger partial charge is 0.329 e. The molecule has 0 aromatic carbocycles. The summed E-state index contributed by atoms with van der Waals surface area (Å²) in [5, 5.41) is 8.61. The summed E-state index contributed by atoms with van der Waals surface area (Å²) in [5.41, 5.74) is 0. The minimum Gasteiger partial charge on any atom is -0.480 e. The molecule has 138 valence electrons. The Balaban J connectivity index is 3.01. The van der Waals surface area contributed by atoms with Crippen LogP contribution in [0.4, 0.5) is 0 Å². The fourth-order valence-corrected chi connectivity index (χ4v) is 1.64. The highest BCUT2D eigenvalue weighted by Crippen LogP contribution is 2.02. The van der Waals surface area contributed by atoms with Gasteiger partial charge in [-0.3, -0.25) is 0 Å². The lowest BCUT2D eigenvalue weighted by Crippen LogP contribution is -2.15. The first kappa shape index (κ1) is 23.0. The van der Waals surface area contributed by atoms with Crippen LogP contribution in [0.15, 0.2) is 0 Å². The molecule has 1 unspecified atom stereocenters. The maximum atomic E-state index is 10.2. The first-order valence-electron chi connectivity index (χ1n) is 7.56. The molecule has 9 heteroatoms. The molecule has 23 heavy (non-hydrogen) atoms. The third-order valence-electron chi connectivity index (χ3n) is 2.52. The van der Waals surface area contributed by atoms with Gasteiger partial charge in [0.25, 0.3) is 0 Å². The summed E-state index contributed by atoms with van der Waals surface area (Å²) in [5.74, 6) is -0.235. The Labute approximate surface area is 148 Å². The maximum absolute atomic E-state index is 10.2. The highest BCUT2D eigenvalue weighted by atomic mass is 32.1. The van der Waals surface area contributed by atoms with E-state index in [4.69, 9.17) is 28.8 Å². The van der Waals surface area contributed by atoms with E-state index in [2.05, 4.69) is 25.3 Å². The lowest BCUT2D eigenvalue weighted by Gasteiger charge is -2.09. The fraction of sp³-hybridized carbons (Fsp3) is 0.929. The van der Waals surface area contributed by atoms with E-state index in [1.807, 2.05) is 0 Å². The molecule has 0 rings (SSSR count). The molecule has 1 N–H and O–H groups in total. The van der Waals surface area contributed by atoms with Crippen LogP contribution >= 0.6 is 25.3 Å². The van der Waals surface area contributed by atoms with Crippen LogP contribution in [0.2, 0.25) is 0 Å². The standard InChI is InChI=1S/C14H28O7S2/c15-14(16)11-21-10-9-20-8-7-19-6-5-18-4-3-17-2-1-13(23)12-22/h13,22-23H,1-12H2,(H,15,16). The van der Waals surface area contributed by atoms with Crippen molar-refractivity contribution in [1.29, 1.82) is 0 Å². The van der Waals surface area contributed by atoms with Crippen LogP contribution in [0.1, 0.15) is 6.42 Å². The first-order valence-corrected chi connectivity index (χ1v) is 8.71. The molecule has 1 atom stereocenters. The van der Waals surface area contributed by atoms with Crippen molar-refractivity contribution >= 4 is 31.2 Å². The summed E-state index contributed by atoms with van der Waals surface area (Å²) < 4.78 is 26.1. The highest BCUT2D eigenvalue weighted by Gasteiger charge is 1.99. The second-order valence-electron chi connectivity index (χ2n) is 4.52. The van der Waals surface area contributed by atoms with Gasteiger partial charge in [-0.1, -0.05) is 0 Å². The average Bonchev–Trinajstić information content (AvgIpc) is 2.53. The molecular formula is C14H28O7S2. The van der Waals surface area contributed by atoms with Gasteiger partial charge in [-0.2, -0.15) is 25.3 Å². The monoisotopic (exact) mass is 372 g/mol. The molecule has 0 radical (unpaired) electrons. The molecule has 0 aliphatic heterocycles. The van der Waals surface area contributed by atoms with Crippen molar-refractivity contribution in [2.75, 3.05) is 71.8 Å². The summed E-state index contributed by atoms with van der Waals surface area (Å²) in [6.45, 7) is 4.00. The Hall–Kier alpha value is -0.0300. The van der Waals surface area contributed by atoms with Crippen LogP contribution in [-0.2, 0) is 28.5 Å². The fourth-order valence-electron chi connectivity index (χ4n) is 1.35. The molecule has 0 amide bonds. The Bertz CT molecular complexity index is 270. The quantitative estimate of drug-likeness (QED) is 0.242. The van der Waals surface area contributed by atoms with Gasteiger partial charge in [0.15, 0.2) is 0 Å². The van der Waals surface area contributed by atoms with Gasteiger partial charge in [0.1, 0.15) is 6.61 Å². The summed E-state index contributed by atoms with van der Waals surface area (Å²) in [6, 6.07) is 0. The number of carbonyl (C=O) groups is 1. The van der Waals surface area contributed by atoms with E-state index in [0.717, 1.165) is 12.2 Å². The second-order valence-corrected chi connectivity index (χ2v) is 5.62.